The third-order valence-corrected chi connectivity index (χ3v) is 1.92. The van der Waals surface area contributed by atoms with E-state index in [2.05, 4.69) is 4.98 Å². The van der Waals surface area contributed by atoms with Gasteiger partial charge < -0.3 is 15.6 Å². The van der Waals surface area contributed by atoms with Gasteiger partial charge in [-0.1, -0.05) is 11.6 Å². The highest BCUT2D eigenvalue weighted by molar-refractivity contribution is 6.31. The summed E-state index contributed by atoms with van der Waals surface area (Å²) in [7, 11) is 1.49. The Morgan fingerprint density at radius 3 is 2.92 bits per heavy atom. The lowest BCUT2D eigenvalue weighted by molar-refractivity contribution is 0.267. The summed E-state index contributed by atoms with van der Waals surface area (Å²) < 4.78 is 4.87. The van der Waals surface area contributed by atoms with Gasteiger partial charge in [-0.05, 0) is 11.6 Å². The van der Waals surface area contributed by atoms with Crippen LogP contribution in [0.2, 0.25) is 5.02 Å². The van der Waals surface area contributed by atoms with E-state index in [0.717, 1.165) is 0 Å². The molecular formula is C8H11ClN2O2. The molecule has 1 aromatic heterocycles. The number of hydrogen-bond acceptors (Lipinski definition) is 4. The zero-order valence-electron chi connectivity index (χ0n) is 7.20. The Balaban J connectivity index is 2.95. The fourth-order valence-electron chi connectivity index (χ4n) is 0.899. The van der Waals surface area contributed by atoms with Crippen LogP contribution < -0.4 is 10.5 Å². The van der Waals surface area contributed by atoms with E-state index >= 15 is 0 Å². The summed E-state index contributed by atoms with van der Waals surface area (Å²) in [6.07, 6.45) is 1.53. The molecule has 0 spiro atoms. The average molecular weight is 203 g/mol. The van der Waals surface area contributed by atoms with E-state index in [4.69, 9.17) is 27.2 Å². The first kappa shape index (κ1) is 10.2. The van der Waals surface area contributed by atoms with Crippen LogP contribution in [0.3, 0.4) is 0 Å². The Kier molecular flexibility index (Phi) is 3.48. The lowest BCUT2D eigenvalue weighted by Crippen LogP contribution is -2.14. The van der Waals surface area contributed by atoms with E-state index in [1.807, 2.05) is 0 Å². The highest BCUT2D eigenvalue weighted by Crippen LogP contribution is 2.23. The van der Waals surface area contributed by atoms with Gasteiger partial charge in [-0.3, -0.25) is 0 Å². The summed E-state index contributed by atoms with van der Waals surface area (Å²) >= 11 is 5.81. The maximum Gasteiger partial charge on any atom is 0.232 e. The Morgan fingerprint density at radius 2 is 2.46 bits per heavy atom. The molecule has 72 valence electrons. The quantitative estimate of drug-likeness (QED) is 0.759. The molecule has 5 heteroatoms. The summed E-state index contributed by atoms with van der Waals surface area (Å²) in [6.45, 7) is -0.135. The topological polar surface area (TPSA) is 68.4 Å². The molecule has 0 aliphatic carbocycles. The fraction of sp³-hybridized carbons (Fsp3) is 0.375. The first-order valence-corrected chi connectivity index (χ1v) is 4.12. The van der Waals surface area contributed by atoms with Crippen molar-refractivity contribution in [1.82, 2.24) is 4.98 Å². The number of halogens is 1. The van der Waals surface area contributed by atoms with Crippen molar-refractivity contribution in [3.63, 3.8) is 0 Å². The van der Waals surface area contributed by atoms with E-state index in [1.54, 1.807) is 6.07 Å². The van der Waals surface area contributed by atoms with Crippen molar-refractivity contribution in [3.05, 3.63) is 22.8 Å². The fourth-order valence-corrected chi connectivity index (χ4v) is 1.15. The highest BCUT2D eigenvalue weighted by atomic mass is 35.5. The third-order valence-electron chi connectivity index (χ3n) is 1.65. The molecule has 0 amide bonds. The Hall–Kier alpha value is -0.840. The molecule has 1 aromatic rings. The van der Waals surface area contributed by atoms with Crippen LogP contribution in [-0.2, 0) is 0 Å². The van der Waals surface area contributed by atoms with Gasteiger partial charge in [-0.2, -0.15) is 0 Å². The van der Waals surface area contributed by atoms with Crippen LogP contribution in [0.5, 0.6) is 5.88 Å². The van der Waals surface area contributed by atoms with E-state index < -0.39 is 6.04 Å². The van der Waals surface area contributed by atoms with E-state index in [9.17, 15) is 0 Å². The first-order chi connectivity index (χ1) is 6.19. The van der Waals surface area contributed by atoms with Crippen LogP contribution in [0.15, 0.2) is 12.3 Å². The summed E-state index contributed by atoms with van der Waals surface area (Å²) in [5.41, 5.74) is 6.25. The van der Waals surface area contributed by atoms with Crippen LogP contribution in [-0.4, -0.2) is 23.8 Å². The number of ether oxygens (including phenoxy) is 1. The summed E-state index contributed by atoms with van der Waals surface area (Å²) in [5.74, 6) is 0.357. The standard InChI is InChI=1S/C8H11ClN2O2/c1-13-8-6(9)2-5(3-11-8)7(10)4-12/h2-3,7,12H,4,10H2,1H3. The molecule has 1 rings (SSSR count). The van der Waals surface area contributed by atoms with Gasteiger partial charge in [-0.15, -0.1) is 0 Å². The number of methoxy groups -OCH3 is 1. The zero-order valence-corrected chi connectivity index (χ0v) is 7.95. The largest absolute Gasteiger partial charge is 0.480 e. The van der Waals surface area contributed by atoms with Crippen molar-refractivity contribution >= 4 is 11.6 Å². The molecule has 0 aromatic carbocycles. The monoisotopic (exact) mass is 202 g/mol. The van der Waals surface area contributed by atoms with Gasteiger partial charge >= 0.3 is 0 Å². The van der Waals surface area contributed by atoms with Crippen molar-refractivity contribution in [2.45, 2.75) is 6.04 Å². The average Bonchev–Trinajstić information content (AvgIpc) is 2.16. The highest BCUT2D eigenvalue weighted by Gasteiger charge is 2.08. The van der Waals surface area contributed by atoms with Gasteiger partial charge in [0, 0.05) is 6.20 Å². The zero-order chi connectivity index (χ0) is 9.84. The van der Waals surface area contributed by atoms with Crippen molar-refractivity contribution in [2.24, 2.45) is 5.73 Å². The molecule has 13 heavy (non-hydrogen) atoms. The van der Waals surface area contributed by atoms with Crippen molar-refractivity contribution in [3.8, 4) is 5.88 Å². The van der Waals surface area contributed by atoms with Crippen molar-refractivity contribution in [2.75, 3.05) is 13.7 Å². The number of nitrogens with two attached hydrogens (primary N) is 1. The number of pyridine rings is 1. The lowest BCUT2D eigenvalue weighted by atomic mass is 10.1. The summed E-state index contributed by atoms with van der Waals surface area (Å²) in [6, 6.07) is 1.18. The minimum atomic E-state index is -0.448. The lowest BCUT2D eigenvalue weighted by Gasteiger charge is -2.09. The normalized spacial score (nSPS) is 12.6. The number of aliphatic hydroxyl groups is 1. The molecule has 0 aliphatic rings. The molecule has 1 heterocycles. The summed E-state index contributed by atoms with van der Waals surface area (Å²) in [4.78, 5) is 3.92. The van der Waals surface area contributed by atoms with E-state index in [1.165, 1.54) is 13.3 Å². The number of rotatable bonds is 3. The summed E-state index contributed by atoms with van der Waals surface area (Å²) in [5, 5.41) is 9.17. The number of hydrogen-bond donors (Lipinski definition) is 2. The second-order valence-electron chi connectivity index (χ2n) is 2.55. The SMILES string of the molecule is COc1ncc(C(N)CO)cc1Cl. The molecule has 3 N–H and O–H groups in total. The van der Waals surface area contributed by atoms with Crippen molar-refractivity contribution in [1.29, 1.82) is 0 Å². The number of aliphatic hydroxyl groups excluding tert-OH is 1. The Morgan fingerprint density at radius 1 is 1.77 bits per heavy atom. The van der Waals surface area contributed by atoms with Gasteiger partial charge in [0.25, 0.3) is 0 Å². The molecule has 1 unspecified atom stereocenters. The molecule has 0 saturated heterocycles. The first-order valence-electron chi connectivity index (χ1n) is 3.75. The van der Waals surface area contributed by atoms with Crippen LogP contribution >= 0.6 is 11.6 Å². The number of nitrogens with zero attached hydrogens (tertiary/aromatic N) is 1. The Labute approximate surface area is 81.3 Å². The molecule has 1 atom stereocenters. The molecule has 4 nitrogen and oxygen atoms in total. The minimum Gasteiger partial charge on any atom is -0.480 e. The maximum absolute atomic E-state index is 8.78. The number of aromatic nitrogens is 1. The van der Waals surface area contributed by atoms with Gasteiger partial charge in [0.2, 0.25) is 5.88 Å². The van der Waals surface area contributed by atoms with Gasteiger partial charge in [-0.25, -0.2) is 4.98 Å². The molecular weight excluding hydrogens is 192 g/mol. The van der Waals surface area contributed by atoms with E-state index in [-0.39, 0.29) is 6.61 Å². The van der Waals surface area contributed by atoms with Gasteiger partial charge in [0.15, 0.2) is 0 Å². The van der Waals surface area contributed by atoms with Crippen LogP contribution in [0.1, 0.15) is 11.6 Å². The predicted molar refractivity (Wildman–Crippen MR) is 49.8 cm³/mol. The van der Waals surface area contributed by atoms with Crippen LogP contribution in [0.25, 0.3) is 0 Å². The van der Waals surface area contributed by atoms with Gasteiger partial charge in [0.05, 0.1) is 19.8 Å². The second-order valence-corrected chi connectivity index (χ2v) is 2.96. The smallest absolute Gasteiger partial charge is 0.232 e. The molecule has 0 fully saturated rings. The van der Waals surface area contributed by atoms with Crippen LogP contribution in [0, 0.1) is 0 Å². The minimum absolute atomic E-state index is 0.135. The van der Waals surface area contributed by atoms with Crippen molar-refractivity contribution < 1.29 is 9.84 Å². The molecule has 0 aliphatic heterocycles. The Bertz CT molecular complexity index is 293. The van der Waals surface area contributed by atoms with Gasteiger partial charge in [0.1, 0.15) is 5.02 Å². The molecule has 0 bridgehead atoms. The molecule has 0 saturated carbocycles. The predicted octanol–water partition coefficient (Wildman–Crippen LogP) is 0.736. The second kappa shape index (κ2) is 4.41. The maximum atomic E-state index is 8.78. The third kappa shape index (κ3) is 2.30. The molecule has 0 radical (unpaired) electrons. The van der Waals surface area contributed by atoms with E-state index in [0.29, 0.717) is 16.5 Å². The van der Waals surface area contributed by atoms with Crippen LogP contribution in [0.4, 0.5) is 0 Å².